The Morgan fingerprint density at radius 2 is 1.26 bits per heavy atom. The molecule has 2 atom stereocenters. The molecule has 6 aromatic carbocycles. The monoisotopic (exact) mass is 942 g/mol. The van der Waals surface area contributed by atoms with Crippen LogP contribution < -0.4 is 21.5 Å². The third-order valence-electron chi connectivity index (χ3n) is 11.9. The van der Waals surface area contributed by atoms with E-state index in [1.54, 1.807) is 89.2 Å². The van der Waals surface area contributed by atoms with Crippen LogP contribution in [-0.4, -0.2) is 43.2 Å². The molecular weight excluding hydrogens is 903 g/mol. The number of carboxylic acid groups (broad SMARTS) is 1. The normalized spacial score (nSPS) is 12.4. The summed E-state index contributed by atoms with van der Waals surface area (Å²) in [7, 11) is 1.84. The van der Waals surface area contributed by atoms with Crippen LogP contribution in [0.3, 0.4) is 0 Å². The van der Waals surface area contributed by atoms with Crippen molar-refractivity contribution in [2.75, 3.05) is 17.2 Å². The van der Waals surface area contributed by atoms with Crippen molar-refractivity contribution < 1.29 is 32.7 Å². The third-order valence-corrected chi connectivity index (χ3v) is 12.1. The maximum absolute atomic E-state index is 14.9. The molecule has 0 bridgehead atoms. The quantitative estimate of drug-likeness (QED) is 0.0931. The Balaban J connectivity index is 0.847. The van der Waals surface area contributed by atoms with E-state index in [1.165, 1.54) is 24.3 Å². The number of nitrogens with one attached hydrogen (secondary N) is 2. The topological polar surface area (TPSA) is 184 Å². The lowest BCUT2D eigenvalue weighted by atomic mass is 10.0. The number of fused-ring (bicyclic) bond motifs is 4. The molecule has 14 nitrogen and oxygen atoms in total. The molecule has 0 spiro atoms. The van der Waals surface area contributed by atoms with E-state index >= 15 is 0 Å². The molecule has 0 saturated heterocycles. The van der Waals surface area contributed by atoms with Crippen molar-refractivity contribution in [1.29, 1.82) is 0 Å². The van der Waals surface area contributed by atoms with Crippen molar-refractivity contribution in [3.8, 4) is 22.6 Å². The van der Waals surface area contributed by atoms with Crippen molar-refractivity contribution in [3.05, 3.63) is 187 Å². The average Bonchev–Trinajstić information content (AvgIpc) is 3.92. The van der Waals surface area contributed by atoms with Gasteiger partial charge in [0.2, 0.25) is 0 Å². The first-order valence-electron chi connectivity index (χ1n) is 21.8. The van der Waals surface area contributed by atoms with E-state index in [0.717, 1.165) is 22.4 Å². The minimum Gasteiger partial charge on any atom is -0.478 e. The number of hydrogen-bond donors (Lipinski definition) is 3. The van der Waals surface area contributed by atoms with Gasteiger partial charge < -0.3 is 29.3 Å². The van der Waals surface area contributed by atoms with Gasteiger partial charge in [0.15, 0.2) is 10.9 Å². The minimum absolute atomic E-state index is 0.0106. The highest BCUT2D eigenvalue weighted by molar-refractivity contribution is 6.31. The molecule has 16 heteroatoms. The Bertz CT molecular complexity index is 3820. The summed E-state index contributed by atoms with van der Waals surface area (Å²) in [5, 5.41) is 27.6. The molecule has 0 radical (unpaired) electrons. The molecule has 4 aromatic heterocycles. The summed E-state index contributed by atoms with van der Waals surface area (Å²) in [5.74, 6) is -1.71. The zero-order valence-electron chi connectivity index (χ0n) is 37.1. The van der Waals surface area contributed by atoms with Crippen LogP contribution in [0.15, 0.2) is 152 Å². The third kappa shape index (κ3) is 8.78. The van der Waals surface area contributed by atoms with Gasteiger partial charge in [0.05, 0.1) is 51.6 Å². The van der Waals surface area contributed by atoms with Crippen molar-refractivity contribution in [1.82, 2.24) is 19.6 Å². The first-order valence-corrected chi connectivity index (χ1v) is 22.2. The van der Waals surface area contributed by atoms with E-state index < -0.39 is 35.3 Å². The number of esters is 1. The summed E-state index contributed by atoms with van der Waals surface area (Å²) in [6.07, 6.45) is 3.68. The number of anilines is 2. The van der Waals surface area contributed by atoms with Crippen LogP contribution in [-0.2, 0) is 18.3 Å². The maximum atomic E-state index is 14.9. The lowest BCUT2D eigenvalue weighted by molar-refractivity contribution is 0.0488. The number of ether oxygens (including phenoxy) is 1. The number of benzene rings is 6. The van der Waals surface area contributed by atoms with E-state index in [0.29, 0.717) is 60.9 Å². The summed E-state index contributed by atoms with van der Waals surface area (Å²) < 4.78 is 36.8. The highest BCUT2D eigenvalue weighted by Gasteiger charge is 2.22. The predicted molar refractivity (Wildman–Crippen MR) is 263 cm³/mol. The molecule has 0 aliphatic carbocycles. The molecule has 0 fully saturated rings. The van der Waals surface area contributed by atoms with E-state index in [9.17, 15) is 28.7 Å². The highest BCUT2D eigenvalue weighted by atomic mass is 35.5. The molecule has 0 saturated carbocycles. The SMILES string of the molecule is CC(Nc1ccccc1C(=O)O)c1cc(F)cc2c(=O)cc(-c3ccc4nn(CCOC(=O)c5ccccc5NC(C)c5cc(Cl)cc6c(=O)cc(-c7ccc8nn(C)cc8c7)oc56)cc4c3)oc12. The van der Waals surface area contributed by atoms with Gasteiger partial charge in [-0.3, -0.25) is 19.0 Å². The van der Waals surface area contributed by atoms with Gasteiger partial charge >= 0.3 is 11.9 Å². The lowest BCUT2D eigenvalue weighted by Crippen LogP contribution is -2.15. The van der Waals surface area contributed by atoms with Crippen molar-refractivity contribution in [2.24, 2.45) is 7.05 Å². The lowest BCUT2D eigenvalue weighted by Gasteiger charge is -2.19. The van der Waals surface area contributed by atoms with Gasteiger partial charge in [-0.05, 0) is 98.8 Å². The van der Waals surface area contributed by atoms with E-state index in [1.807, 2.05) is 44.4 Å². The molecule has 69 heavy (non-hydrogen) atoms. The summed E-state index contributed by atoms with van der Waals surface area (Å²) in [6.45, 7) is 3.82. The predicted octanol–water partition coefficient (Wildman–Crippen LogP) is 11.2. The Hall–Kier alpha value is -8.56. The zero-order valence-corrected chi connectivity index (χ0v) is 37.9. The van der Waals surface area contributed by atoms with Crippen molar-refractivity contribution in [2.45, 2.75) is 32.5 Å². The number of rotatable bonds is 13. The molecule has 10 rings (SSSR count). The molecule has 0 amide bonds. The number of nitrogens with zero attached hydrogens (tertiary/aromatic N) is 4. The molecule has 0 aliphatic heterocycles. The van der Waals surface area contributed by atoms with Crippen LogP contribution in [0.4, 0.5) is 15.8 Å². The molecule has 10 aromatic rings. The fourth-order valence-electron chi connectivity index (χ4n) is 8.58. The maximum Gasteiger partial charge on any atom is 0.340 e. The number of aryl methyl sites for hydroxylation is 1. The van der Waals surface area contributed by atoms with Crippen LogP contribution >= 0.6 is 11.6 Å². The highest BCUT2D eigenvalue weighted by Crippen LogP contribution is 2.35. The number of aromatic carboxylic acids is 1. The largest absolute Gasteiger partial charge is 0.478 e. The molecule has 0 aliphatic rings. The molecule has 344 valence electrons. The van der Waals surface area contributed by atoms with Gasteiger partial charge in [0, 0.05) is 81.0 Å². The van der Waals surface area contributed by atoms with Gasteiger partial charge in [-0.1, -0.05) is 35.9 Å². The Labute approximate surface area is 396 Å². The van der Waals surface area contributed by atoms with Gasteiger partial charge in [-0.15, -0.1) is 0 Å². The summed E-state index contributed by atoms with van der Waals surface area (Å²) >= 11 is 6.55. The number of hydrogen-bond acceptors (Lipinski definition) is 11. The number of aromatic nitrogens is 4. The molecule has 2 unspecified atom stereocenters. The standard InChI is InChI=1S/C53H40ClFN6O8/c1-28(38-20-34(54)21-40-46(62)24-48(68-50(38)40)30-12-14-42-32(18-30)26-60(3)58-42)57-45-11-7-5-9-37(45)53(66)67-17-16-61-27-33-19-31(13-15-43(33)59-61)49-25-47(63)41-23-35(55)22-39(51(41)69-49)29(2)56-44-10-6-4-8-36(44)52(64)65/h4-15,18-29,56-57H,16-17H2,1-3H3,(H,64,65). The van der Waals surface area contributed by atoms with Gasteiger partial charge in [0.25, 0.3) is 0 Å². The second kappa shape index (κ2) is 17.9. The van der Waals surface area contributed by atoms with E-state index in [-0.39, 0.29) is 46.4 Å². The van der Waals surface area contributed by atoms with E-state index in [4.69, 9.17) is 25.2 Å². The number of carbonyl (C=O) groups is 2. The first kappa shape index (κ1) is 44.3. The fraction of sp³-hybridized carbons (Fsp3) is 0.132. The number of carboxylic acids is 1. The molecule has 4 heterocycles. The van der Waals surface area contributed by atoms with Crippen molar-refractivity contribution >= 4 is 78.7 Å². The second-order valence-corrected chi connectivity index (χ2v) is 17.1. The van der Waals surface area contributed by atoms with Crippen LogP contribution in [0.2, 0.25) is 5.02 Å². The number of carbonyl (C=O) groups excluding carboxylic acids is 1. The Morgan fingerprint density at radius 1 is 0.710 bits per heavy atom. The fourth-order valence-corrected chi connectivity index (χ4v) is 8.81. The smallest absolute Gasteiger partial charge is 0.340 e. The van der Waals surface area contributed by atoms with Gasteiger partial charge in [-0.2, -0.15) is 10.2 Å². The number of halogens is 2. The van der Waals surface area contributed by atoms with Crippen LogP contribution in [0.5, 0.6) is 0 Å². The van der Waals surface area contributed by atoms with Gasteiger partial charge in [-0.25, -0.2) is 14.0 Å². The van der Waals surface area contributed by atoms with Crippen LogP contribution in [0.25, 0.3) is 66.4 Å². The van der Waals surface area contributed by atoms with Crippen molar-refractivity contribution in [3.63, 3.8) is 0 Å². The zero-order chi connectivity index (χ0) is 48.1. The first-order chi connectivity index (χ1) is 33.3. The van der Waals surface area contributed by atoms with Gasteiger partial charge in [0.1, 0.15) is 35.1 Å². The Morgan fingerprint density at radius 3 is 1.90 bits per heavy atom. The van der Waals surface area contributed by atoms with E-state index in [2.05, 4.69) is 20.8 Å². The summed E-state index contributed by atoms with van der Waals surface area (Å²) in [5.41, 5.74) is 4.63. The number of para-hydroxylation sites is 2. The summed E-state index contributed by atoms with van der Waals surface area (Å²) in [4.78, 5) is 52.4. The molecule has 3 N–H and O–H groups in total. The second-order valence-electron chi connectivity index (χ2n) is 16.7. The van der Waals surface area contributed by atoms with Crippen LogP contribution in [0.1, 0.15) is 57.8 Å². The minimum atomic E-state index is -1.13. The average molecular weight is 943 g/mol. The van der Waals surface area contributed by atoms with Crippen LogP contribution in [0, 0.1) is 5.82 Å². The Kier molecular flexibility index (Phi) is 11.5. The summed E-state index contributed by atoms with van der Waals surface area (Å²) in [6, 6.07) is 31.6. The molecular formula is C53H40ClFN6O8.